The van der Waals surface area contributed by atoms with Gasteiger partial charge in [-0.25, -0.2) is 4.18 Å². The number of ketones is 1. The second-order valence-electron chi connectivity index (χ2n) is 21.7. The molecule has 0 aliphatic carbocycles. The Balaban J connectivity index is 0.000000887. The van der Waals surface area contributed by atoms with Crippen molar-refractivity contribution < 1.29 is 85.1 Å². The molecule has 18 atom stereocenters. The highest BCUT2D eigenvalue weighted by molar-refractivity contribution is 7.80. The van der Waals surface area contributed by atoms with Gasteiger partial charge in [0.05, 0.1) is 60.3 Å². The molecule has 424 valence electrons. The van der Waals surface area contributed by atoms with E-state index in [0.29, 0.717) is 12.8 Å². The van der Waals surface area contributed by atoms with Gasteiger partial charge in [-0.2, -0.15) is 8.42 Å². The van der Waals surface area contributed by atoms with Crippen molar-refractivity contribution in [3.8, 4) is 0 Å². The van der Waals surface area contributed by atoms with Crippen LogP contribution >= 0.6 is 0 Å². The summed E-state index contributed by atoms with van der Waals surface area (Å²) >= 11 is 0. The van der Waals surface area contributed by atoms with Crippen molar-refractivity contribution in [2.24, 2.45) is 23.7 Å². The minimum absolute atomic E-state index is 0.0760. The van der Waals surface area contributed by atoms with E-state index in [4.69, 9.17) is 37.7 Å². The first-order valence-electron chi connectivity index (χ1n) is 26.6. The van der Waals surface area contributed by atoms with Gasteiger partial charge in [0.15, 0.2) is 18.7 Å². The third-order valence-corrected chi connectivity index (χ3v) is 15.5. The van der Waals surface area contributed by atoms with Crippen LogP contribution in [0.4, 0.5) is 0 Å². The topological polar surface area (TPSA) is 264 Å². The number of methoxy groups -OCH3 is 1. The SMILES string of the molecule is CCC(=O)O[C@H]1[C@H](O[C@@H]2[C@@H](C)C(O[C@H]3C[C@@](C)(OC)[C@@H](O)[C@H](C)O3)[C@@H](C)C(=O)OC(CC)[C@@](C)(O)[C@H](O)[C@@H](C)C(=O)[C@H](C)C[C@@]2(C)O)O[C@H](C)C[C@@H]1N(C)C.CCCCCCCCCCCCOS(=O)(=O)O. The van der Waals surface area contributed by atoms with Crippen LogP contribution in [-0.4, -0.2) is 168 Å². The molecule has 3 fully saturated rings. The van der Waals surface area contributed by atoms with E-state index in [1.807, 2.05) is 25.9 Å². The van der Waals surface area contributed by atoms with Crippen LogP contribution in [0.15, 0.2) is 0 Å². The van der Waals surface area contributed by atoms with Crippen molar-refractivity contribution in [2.45, 2.75) is 264 Å². The predicted octanol–water partition coefficient (Wildman–Crippen LogP) is 6.47. The van der Waals surface area contributed by atoms with Gasteiger partial charge in [0, 0.05) is 37.7 Å². The summed E-state index contributed by atoms with van der Waals surface area (Å²) in [6, 6.07) is -0.319. The standard InChI is InChI=1S/C40H71NO14.C12H26O4S/c1-15-27-40(11,48)33(44)22(5)30(43)20(3)18-38(9,47)35(55-37-32(53-28(42)16-2)26(41(12)13)17-21(4)50-37)23(6)31(24(7)36(46)52-27)54-29-19-39(10,49-14)34(45)25(8)51-29;1-2-3-4-5-6-7-8-9-10-11-12-16-17(13,14)15/h20-27,29,31-35,37,44-45,47-48H,15-19H2,1-14H3;2-12H2,1H3,(H,13,14,15)/t20-,21-,22+,23+,24-,25+,26+,27?,29+,31?,32-,33-,34+,35-,37+,38-,39-,40-;/m1./s1. The highest BCUT2D eigenvalue weighted by Gasteiger charge is 2.54. The third kappa shape index (κ3) is 19.6. The van der Waals surface area contributed by atoms with Gasteiger partial charge >= 0.3 is 22.3 Å². The minimum atomic E-state index is -4.23. The van der Waals surface area contributed by atoms with Gasteiger partial charge in [0.25, 0.3) is 0 Å². The average Bonchev–Trinajstić information content (AvgIpc) is 3.30. The molecule has 2 unspecified atom stereocenters. The number of aliphatic hydroxyl groups excluding tert-OH is 2. The van der Waals surface area contributed by atoms with Crippen molar-refractivity contribution in [2.75, 3.05) is 27.8 Å². The quantitative estimate of drug-likeness (QED) is 0.0468. The molecule has 0 spiro atoms. The zero-order valence-electron chi connectivity index (χ0n) is 46.4. The summed E-state index contributed by atoms with van der Waals surface area (Å²) in [5.74, 6) is -5.59. The maximum Gasteiger partial charge on any atom is 0.397 e. The second kappa shape index (κ2) is 30.1. The number of carbonyl (C=O) groups excluding carboxylic acids is 3. The van der Waals surface area contributed by atoms with Gasteiger partial charge in [-0.05, 0) is 81.3 Å². The maximum absolute atomic E-state index is 14.2. The van der Waals surface area contributed by atoms with Gasteiger partial charge in [-0.15, -0.1) is 0 Å². The van der Waals surface area contributed by atoms with E-state index in [-0.39, 0.29) is 44.4 Å². The molecule has 0 aromatic heterocycles. The van der Waals surface area contributed by atoms with Crippen LogP contribution in [0, 0.1) is 23.7 Å². The zero-order chi connectivity index (χ0) is 54.9. The fourth-order valence-corrected chi connectivity index (χ4v) is 10.8. The summed E-state index contributed by atoms with van der Waals surface area (Å²) in [5, 5.41) is 46.6. The van der Waals surface area contributed by atoms with Crippen LogP contribution < -0.4 is 0 Å². The van der Waals surface area contributed by atoms with E-state index in [9.17, 15) is 43.2 Å². The number of unbranched alkanes of at least 4 members (excludes halogenated alkanes) is 9. The number of likely N-dealkylation sites (N-methyl/N-ethyl adjacent to an activating group) is 1. The molecule has 5 N–H and O–H groups in total. The first-order chi connectivity index (χ1) is 33.4. The molecule has 0 bridgehead atoms. The molecular formula is C52H97NO18S. The number of rotatable bonds is 21. The number of hydrogen-bond donors (Lipinski definition) is 5. The predicted molar refractivity (Wildman–Crippen MR) is 270 cm³/mol. The molecule has 0 amide bonds. The Bertz CT molecular complexity index is 1730. The lowest BCUT2D eigenvalue weighted by Gasteiger charge is -2.49. The molecule has 0 radical (unpaired) electrons. The molecular weight excluding hydrogens is 959 g/mol. The number of aliphatic hydroxyl groups is 4. The van der Waals surface area contributed by atoms with Gasteiger partial charge in [-0.3, -0.25) is 18.9 Å². The molecule has 3 heterocycles. The molecule has 0 aromatic rings. The Morgan fingerprint density at radius 1 is 0.792 bits per heavy atom. The van der Waals surface area contributed by atoms with Crippen molar-refractivity contribution in [3.05, 3.63) is 0 Å². The Morgan fingerprint density at radius 2 is 1.36 bits per heavy atom. The lowest BCUT2D eigenvalue weighted by Crippen LogP contribution is -2.61. The molecule has 72 heavy (non-hydrogen) atoms. The Hall–Kier alpha value is -1.92. The van der Waals surface area contributed by atoms with E-state index in [1.54, 1.807) is 48.5 Å². The Morgan fingerprint density at radius 3 is 1.88 bits per heavy atom. The number of Topliss-reactive ketones (excluding diaryl/α,β-unsaturated/α-hetero) is 1. The van der Waals surface area contributed by atoms with Crippen LogP contribution in [0.2, 0.25) is 0 Å². The van der Waals surface area contributed by atoms with E-state index in [0.717, 1.165) is 12.8 Å². The van der Waals surface area contributed by atoms with Crippen LogP contribution in [-0.2, 0) is 62.1 Å². The molecule has 3 aliphatic rings. The van der Waals surface area contributed by atoms with Crippen molar-refractivity contribution in [3.63, 3.8) is 0 Å². The number of esters is 2. The average molecular weight is 1060 g/mol. The Labute approximate surface area is 432 Å². The van der Waals surface area contributed by atoms with E-state index < -0.39 is 124 Å². The highest BCUT2D eigenvalue weighted by Crippen LogP contribution is 2.41. The smallest absolute Gasteiger partial charge is 0.397 e. The van der Waals surface area contributed by atoms with E-state index in [1.165, 1.54) is 72.8 Å². The second-order valence-corrected chi connectivity index (χ2v) is 22.8. The van der Waals surface area contributed by atoms with Crippen LogP contribution in [0.3, 0.4) is 0 Å². The fraction of sp³-hybridized carbons (Fsp3) is 0.942. The summed E-state index contributed by atoms with van der Waals surface area (Å²) in [7, 11) is 0.973. The van der Waals surface area contributed by atoms with E-state index in [2.05, 4.69) is 11.1 Å². The van der Waals surface area contributed by atoms with Crippen LogP contribution in [0.1, 0.15) is 179 Å². The summed E-state index contributed by atoms with van der Waals surface area (Å²) in [6.07, 6.45) is 2.17. The number of hydrogen-bond acceptors (Lipinski definition) is 18. The summed E-state index contributed by atoms with van der Waals surface area (Å²) in [5.41, 5.74) is -4.92. The van der Waals surface area contributed by atoms with Crippen molar-refractivity contribution in [1.82, 2.24) is 4.90 Å². The van der Waals surface area contributed by atoms with Gasteiger partial charge in [0.2, 0.25) is 0 Å². The van der Waals surface area contributed by atoms with Gasteiger partial charge < -0.3 is 58.5 Å². The molecule has 0 aromatic carbocycles. The first kappa shape index (κ1) is 66.2. The van der Waals surface area contributed by atoms with E-state index >= 15 is 0 Å². The summed E-state index contributed by atoms with van der Waals surface area (Å²) < 4.78 is 76.6. The number of carbonyl (C=O) groups is 3. The maximum atomic E-state index is 14.2. The zero-order valence-corrected chi connectivity index (χ0v) is 47.2. The van der Waals surface area contributed by atoms with Crippen LogP contribution in [0.25, 0.3) is 0 Å². The normalized spacial score (nSPS) is 38.6. The van der Waals surface area contributed by atoms with Crippen LogP contribution in [0.5, 0.6) is 0 Å². The summed E-state index contributed by atoms with van der Waals surface area (Å²) in [6.45, 7) is 20.3. The number of cyclic esters (lactones) is 1. The largest absolute Gasteiger partial charge is 0.459 e. The highest BCUT2D eigenvalue weighted by atomic mass is 32.3. The molecule has 3 rings (SSSR count). The summed E-state index contributed by atoms with van der Waals surface area (Å²) in [4.78, 5) is 42.9. The number of ether oxygens (including phenoxy) is 7. The molecule has 20 heteroatoms. The lowest BCUT2D eigenvalue weighted by atomic mass is 9.74. The third-order valence-electron chi connectivity index (χ3n) is 15.1. The van der Waals surface area contributed by atoms with Gasteiger partial charge in [0.1, 0.15) is 23.6 Å². The lowest BCUT2D eigenvalue weighted by molar-refractivity contribution is -0.319. The molecule has 0 saturated carbocycles. The monoisotopic (exact) mass is 1060 g/mol. The molecule has 3 aliphatic heterocycles. The molecule has 3 saturated heterocycles. The Kier molecular flexibility index (Phi) is 27.7. The first-order valence-corrected chi connectivity index (χ1v) is 28.0. The molecule has 19 nitrogen and oxygen atoms in total. The van der Waals surface area contributed by atoms with Gasteiger partial charge in [-0.1, -0.05) is 99.3 Å². The fourth-order valence-electron chi connectivity index (χ4n) is 10.5. The number of nitrogens with zero attached hydrogens (tertiary/aromatic N) is 1. The van der Waals surface area contributed by atoms with Crippen molar-refractivity contribution in [1.29, 1.82) is 0 Å². The minimum Gasteiger partial charge on any atom is -0.459 e. The van der Waals surface area contributed by atoms with Crippen molar-refractivity contribution >= 4 is 28.1 Å².